The van der Waals surface area contributed by atoms with Gasteiger partial charge < -0.3 is 10.1 Å². The van der Waals surface area contributed by atoms with Gasteiger partial charge >= 0.3 is 0 Å². The largest absolute Gasteiger partial charge is 0.479 e. The predicted octanol–water partition coefficient (Wildman–Crippen LogP) is 5.94. The molecule has 2 aromatic rings. The number of rotatable bonds is 7. The second-order valence-electron chi connectivity index (χ2n) is 6.70. The Morgan fingerprint density at radius 3 is 2.64 bits per heavy atom. The van der Waals surface area contributed by atoms with E-state index in [1.807, 2.05) is 13.0 Å². The van der Waals surface area contributed by atoms with Crippen LogP contribution in [0.3, 0.4) is 0 Å². The van der Waals surface area contributed by atoms with Crippen molar-refractivity contribution in [1.29, 1.82) is 0 Å². The van der Waals surface area contributed by atoms with Crippen LogP contribution in [0.4, 0.5) is 0 Å². The predicted molar refractivity (Wildman–Crippen MR) is 115 cm³/mol. The Hall–Kier alpha value is -2.23. The average molecular weight is 416 g/mol. The van der Waals surface area contributed by atoms with Gasteiger partial charge in [-0.15, -0.1) is 0 Å². The second kappa shape index (κ2) is 9.81. The molecule has 0 aromatic heterocycles. The number of amides is 1. The molecule has 0 bridgehead atoms. The van der Waals surface area contributed by atoms with E-state index < -0.39 is 6.10 Å². The van der Waals surface area contributed by atoms with Gasteiger partial charge in [0.25, 0.3) is 5.91 Å². The minimum Gasteiger partial charge on any atom is -0.479 e. The van der Waals surface area contributed by atoms with Gasteiger partial charge in [-0.05, 0) is 42.2 Å². The number of nitrogens with one attached hydrogen (secondary N) is 1. The van der Waals surface area contributed by atoms with Gasteiger partial charge in [-0.3, -0.25) is 4.79 Å². The third-order valence-corrected chi connectivity index (χ3v) is 5.23. The fourth-order valence-electron chi connectivity index (χ4n) is 3.09. The monoisotopic (exact) mass is 415 g/mol. The minimum atomic E-state index is -0.607. The summed E-state index contributed by atoms with van der Waals surface area (Å²) in [6.45, 7) is 2.38. The number of hydrogen-bond donors (Lipinski definition) is 1. The van der Waals surface area contributed by atoms with Crippen molar-refractivity contribution < 1.29 is 9.53 Å². The molecule has 0 heterocycles. The summed E-state index contributed by atoms with van der Waals surface area (Å²) >= 11 is 12.0. The molecular formula is C23H23Cl2NO2. The van der Waals surface area contributed by atoms with Crippen LogP contribution in [0.1, 0.15) is 31.2 Å². The van der Waals surface area contributed by atoms with E-state index in [-0.39, 0.29) is 5.91 Å². The van der Waals surface area contributed by atoms with Crippen molar-refractivity contribution in [3.05, 3.63) is 87.9 Å². The van der Waals surface area contributed by atoms with Gasteiger partial charge in [0.15, 0.2) is 6.10 Å². The lowest BCUT2D eigenvalue weighted by molar-refractivity contribution is -0.127. The molecule has 0 aliphatic heterocycles. The Morgan fingerprint density at radius 1 is 1.21 bits per heavy atom. The van der Waals surface area contributed by atoms with Crippen LogP contribution in [0.15, 0.2) is 72.3 Å². The van der Waals surface area contributed by atoms with Crippen LogP contribution >= 0.6 is 23.2 Å². The molecule has 2 unspecified atom stereocenters. The summed E-state index contributed by atoms with van der Waals surface area (Å²) in [5.74, 6) is 0.683. The Balaban J connectivity index is 1.53. The molecule has 0 saturated carbocycles. The first-order valence-corrected chi connectivity index (χ1v) is 10.1. The van der Waals surface area contributed by atoms with Crippen molar-refractivity contribution in [3.63, 3.8) is 0 Å². The topological polar surface area (TPSA) is 38.3 Å². The summed E-state index contributed by atoms with van der Waals surface area (Å²) < 4.78 is 5.79. The molecule has 28 heavy (non-hydrogen) atoms. The van der Waals surface area contributed by atoms with Crippen LogP contribution in [-0.2, 0) is 4.79 Å². The van der Waals surface area contributed by atoms with Gasteiger partial charge in [0.1, 0.15) is 5.75 Å². The van der Waals surface area contributed by atoms with Crippen LogP contribution in [0.2, 0.25) is 10.0 Å². The van der Waals surface area contributed by atoms with E-state index in [1.54, 1.807) is 18.2 Å². The summed E-state index contributed by atoms with van der Waals surface area (Å²) in [6, 6.07) is 15.4. The smallest absolute Gasteiger partial charge is 0.261 e. The molecule has 0 spiro atoms. The van der Waals surface area contributed by atoms with Gasteiger partial charge in [0.05, 0.1) is 5.02 Å². The Labute approximate surface area is 176 Å². The third kappa shape index (κ3) is 5.40. The minimum absolute atomic E-state index is 0.159. The molecule has 2 atom stereocenters. The van der Waals surface area contributed by atoms with E-state index in [9.17, 15) is 4.79 Å². The highest BCUT2D eigenvalue weighted by Crippen LogP contribution is 2.29. The number of carbonyl (C=O) groups excluding carboxylic acids is 1. The summed E-state index contributed by atoms with van der Waals surface area (Å²) in [4.78, 5) is 12.5. The fraction of sp³-hybridized carbons (Fsp3) is 0.261. The van der Waals surface area contributed by atoms with Crippen molar-refractivity contribution in [2.75, 3.05) is 6.54 Å². The molecular weight excluding hydrogens is 393 g/mol. The van der Waals surface area contributed by atoms with Crippen LogP contribution in [0.5, 0.6) is 5.75 Å². The first-order chi connectivity index (χ1) is 13.6. The zero-order chi connectivity index (χ0) is 19.9. The fourth-order valence-corrected chi connectivity index (χ4v) is 3.55. The van der Waals surface area contributed by atoms with E-state index in [4.69, 9.17) is 27.9 Å². The highest BCUT2D eigenvalue weighted by molar-refractivity contribution is 6.35. The number of ether oxygens (including phenoxy) is 1. The SMILES string of the molecule is CCC(Oc1ccc(Cl)cc1Cl)C(=O)NCC1=CCC(c2ccccc2)C=C1. The number of allylic oxidation sites excluding steroid dienone is 2. The third-order valence-electron chi connectivity index (χ3n) is 4.70. The molecule has 5 heteroatoms. The highest BCUT2D eigenvalue weighted by atomic mass is 35.5. The molecule has 3 rings (SSSR count). The van der Waals surface area contributed by atoms with E-state index >= 15 is 0 Å². The first-order valence-electron chi connectivity index (χ1n) is 9.38. The molecule has 3 nitrogen and oxygen atoms in total. The lowest BCUT2D eigenvalue weighted by Crippen LogP contribution is -2.38. The Kier molecular flexibility index (Phi) is 7.18. The van der Waals surface area contributed by atoms with Gasteiger partial charge in [0, 0.05) is 17.5 Å². The van der Waals surface area contributed by atoms with Crippen LogP contribution in [0, 0.1) is 0 Å². The van der Waals surface area contributed by atoms with Crippen molar-refractivity contribution in [1.82, 2.24) is 5.32 Å². The van der Waals surface area contributed by atoms with Gasteiger partial charge in [-0.25, -0.2) is 0 Å². The molecule has 1 aliphatic rings. The van der Waals surface area contributed by atoms with E-state index in [0.29, 0.717) is 34.7 Å². The maximum atomic E-state index is 12.5. The van der Waals surface area contributed by atoms with Gasteiger partial charge in [-0.2, -0.15) is 0 Å². The molecule has 0 saturated heterocycles. The van der Waals surface area contributed by atoms with Gasteiger partial charge in [0.2, 0.25) is 0 Å². The zero-order valence-electron chi connectivity index (χ0n) is 15.7. The summed E-state index contributed by atoms with van der Waals surface area (Å²) in [5.41, 5.74) is 2.40. The maximum Gasteiger partial charge on any atom is 0.261 e. The van der Waals surface area contributed by atoms with E-state index in [0.717, 1.165) is 12.0 Å². The van der Waals surface area contributed by atoms with Crippen LogP contribution < -0.4 is 10.1 Å². The lowest BCUT2D eigenvalue weighted by atomic mass is 9.90. The number of halogens is 2. The first kappa shape index (κ1) is 20.5. The molecule has 1 N–H and O–H groups in total. The van der Waals surface area contributed by atoms with E-state index in [1.165, 1.54) is 5.56 Å². The molecule has 1 aliphatic carbocycles. The summed E-state index contributed by atoms with van der Waals surface area (Å²) in [6.07, 6.45) is 7.31. The zero-order valence-corrected chi connectivity index (χ0v) is 17.2. The van der Waals surface area contributed by atoms with Crippen molar-refractivity contribution >= 4 is 29.1 Å². The van der Waals surface area contributed by atoms with E-state index in [2.05, 4.69) is 47.8 Å². The molecule has 0 fully saturated rings. The molecule has 146 valence electrons. The average Bonchev–Trinajstić information content (AvgIpc) is 2.72. The molecule has 2 aromatic carbocycles. The summed E-state index contributed by atoms with van der Waals surface area (Å²) in [7, 11) is 0. The quantitative estimate of drug-likeness (QED) is 0.607. The Morgan fingerprint density at radius 2 is 2.00 bits per heavy atom. The van der Waals surface area contributed by atoms with Gasteiger partial charge in [-0.1, -0.05) is 78.7 Å². The second-order valence-corrected chi connectivity index (χ2v) is 7.54. The number of benzene rings is 2. The highest BCUT2D eigenvalue weighted by Gasteiger charge is 2.20. The number of hydrogen-bond acceptors (Lipinski definition) is 2. The van der Waals surface area contributed by atoms with Crippen molar-refractivity contribution in [2.24, 2.45) is 0 Å². The normalized spacial score (nSPS) is 17.0. The molecule has 0 radical (unpaired) electrons. The van der Waals surface area contributed by atoms with Crippen molar-refractivity contribution in [2.45, 2.75) is 31.8 Å². The molecule has 1 amide bonds. The Bertz CT molecular complexity index is 877. The summed E-state index contributed by atoms with van der Waals surface area (Å²) in [5, 5.41) is 3.88. The van der Waals surface area contributed by atoms with Crippen LogP contribution in [0.25, 0.3) is 0 Å². The standard InChI is InChI=1S/C23H23Cl2NO2/c1-2-21(28-22-13-12-19(24)14-20(22)25)23(27)26-15-16-8-10-18(11-9-16)17-6-4-3-5-7-17/h3-10,12-14,18,21H,2,11,15H2,1H3,(H,26,27). The maximum absolute atomic E-state index is 12.5. The van der Waals surface area contributed by atoms with Crippen LogP contribution in [-0.4, -0.2) is 18.6 Å². The van der Waals surface area contributed by atoms with Crippen molar-refractivity contribution in [3.8, 4) is 5.75 Å². The lowest BCUT2D eigenvalue weighted by Gasteiger charge is -2.20. The number of carbonyl (C=O) groups is 1.